The zero-order valence-electron chi connectivity index (χ0n) is 19.3. The SMILES string of the molecule is O=C(N1CCCc2nc(C3(c4cccc(Cl)c4)CC3)[nH]c(=O)c2C1)C(F)(F)c1cccc(C(F)(F)F)c1. The highest BCUT2D eigenvalue weighted by Crippen LogP contribution is 2.52. The second-order valence-electron chi connectivity index (χ2n) is 9.42. The predicted molar refractivity (Wildman–Crippen MR) is 125 cm³/mol. The third-order valence-corrected chi connectivity index (χ3v) is 7.22. The van der Waals surface area contributed by atoms with E-state index >= 15 is 8.78 Å². The zero-order chi connectivity index (χ0) is 26.6. The minimum atomic E-state index is -4.84. The lowest BCUT2D eigenvalue weighted by molar-refractivity contribution is -0.160. The van der Waals surface area contributed by atoms with Crippen LogP contribution in [0.2, 0.25) is 5.02 Å². The number of hydrogen-bond acceptors (Lipinski definition) is 3. The van der Waals surface area contributed by atoms with E-state index in [0.717, 1.165) is 35.4 Å². The van der Waals surface area contributed by atoms with Crippen molar-refractivity contribution in [3.05, 3.63) is 97.7 Å². The first kappa shape index (κ1) is 25.4. The van der Waals surface area contributed by atoms with Gasteiger partial charge in [0.2, 0.25) is 0 Å². The number of amides is 1. The number of nitrogens with zero attached hydrogens (tertiary/aromatic N) is 2. The fourth-order valence-electron chi connectivity index (χ4n) is 4.81. The number of nitrogens with one attached hydrogen (secondary N) is 1. The number of carbonyl (C=O) groups excluding carboxylic acids is 1. The van der Waals surface area contributed by atoms with E-state index in [1.807, 2.05) is 18.2 Å². The van der Waals surface area contributed by atoms with Gasteiger partial charge >= 0.3 is 12.1 Å². The van der Waals surface area contributed by atoms with Gasteiger partial charge in [-0.2, -0.15) is 22.0 Å². The van der Waals surface area contributed by atoms with Gasteiger partial charge in [0.1, 0.15) is 5.82 Å². The van der Waals surface area contributed by atoms with Crippen LogP contribution in [0.15, 0.2) is 53.3 Å². The van der Waals surface area contributed by atoms with Gasteiger partial charge in [-0.05, 0) is 55.5 Å². The lowest BCUT2D eigenvalue weighted by atomic mass is 9.94. The normalized spacial score (nSPS) is 17.2. The van der Waals surface area contributed by atoms with Crippen molar-refractivity contribution in [2.24, 2.45) is 0 Å². The Labute approximate surface area is 213 Å². The average molecular weight is 538 g/mol. The number of aromatic nitrogens is 2. The molecular formula is C26H21ClF5N3O2. The Hall–Kier alpha value is -3.27. The maximum Gasteiger partial charge on any atom is 0.416 e. The molecule has 0 spiro atoms. The molecule has 2 aromatic carbocycles. The van der Waals surface area contributed by atoms with Gasteiger partial charge in [-0.1, -0.05) is 35.9 Å². The molecule has 1 aliphatic heterocycles. The van der Waals surface area contributed by atoms with E-state index in [1.165, 1.54) is 0 Å². The van der Waals surface area contributed by atoms with E-state index in [0.29, 0.717) is 22.6 Å². The van der Waals surface area contributed by atoms with Gasteiger partial charge in [0, 0.05) is 17.1 Å². The van der Waals surface area contributed by atoms with Crippen LogP contribution in [0.25, 0.3) is 0 Å². The quantitative estimate of drug-likeness (QED) is 0.441. The molecule has 5 rings (SSSR count). The van der Waals surface area contributed by atoms with Gasteiger partial charge < -0.3 is 9.88 Å². The summed E-state index contributed by atoms with van der Waals surface area (Å²) in [5.41, 5.74) is -1.93. The van der Waals surface area contributed by atoms with Gasteiger partial charge in [-0.15, -0.1) is 0 Å². The largest absolute Gasteiger partial charge is 0.416 e. The molecule has 1 N–H and O–H groups in total. The number of hydrogen-bond donors (Lipinski definition) is 1. The van der Waals surface area contributed by atoms with Crippen LogP contribution in [0.5, 0.6) is 0 Å². The zero-order valence-corrected chi connectivity index (χ0v) is 20.1. The summed E-state index contributed by atoms with van der Waals surface area (Å²) in [6.45, 7) is -0.520. The van der Waals surface area contributed by atoms with Crippen molar-refractivity contribution in [1.82, 2.24) is 14.9 Å². The van der Waals surface area contributed by atoms with E-state index in [2.05, 4.69) is 9.97 Å². The number of benzene rings is 2. The average Bonchev–Trinajstić information content (AvgIpc) is 3.68. The molecule has 37 heavy (non-hydrogen) atoms. The van der Waals surface area contributed by atoms with Crippen LogP contribution < -0.4 is 5.56 Å². The summed E-state index contributed by atoms with van der Waals surface area (Å²) < 4.78 is 69.3. The second kappa shape index (κ2) is 8.93. The minimum absolute atomic E-state index is 0.0938. The van der Waals surface area contributed by atoms with Crippen molar-refractivity contribution in [3.8, 4) is 0 Å². The first-order chi connectivity index (χ1) is 17.4. The van der Waals surface area contributed by atoms with Crippen molar-refractivity contribution in [3.63, 3.8) is 0 Å². The fraction of sp³-hybridized carbons (Fsp3) is 0.346. The lowest BCUT2D eigenvalue weighted by Gasteiger charge is -2.26. The number of carbonyl (C=O) groups is 1. The van der Waals surface area contributed by atoms with Crippen LogP contribution in [0, 0.1) is 0 Å². The summed E-state index contributed by atoms with van der Waals surface area (Å²) >= 11 is 6.15. The van der Waals surface area contributed by atoms with Crippen molar-refractivity contribution in [2.45, 2.75) is 49.7 Å². The number of alkyl halides is 5. The van der Waals surface area contributed by atoms with Gasteiger partial charge in [-0.25, -0.2) is 4.98 Å². The molecular weight excluding hydrogens is 517 g/mol. The maximum atomic E-state index is 15.1. The van der Waals surface area contributed by atoms with Crippen molar-refractivity contribution in [2.75, 3.05) is 6.54 Å². The summed E-state index contributed by atoms with van der Waals surface area (Å²) in [5.74, 6) is -5.41. The Morgan fingerprint density at radius 2 is 1.73 bits per heavy atom. The number of aromatic amines is 1. The molecule has 0 unspecified atom stereocenters. The van der Waals surface area contributed by atoms with Crippen LogP contribution in [-0.4, -0.2) is 27.3 Å². The highest BCUT2D eigenvalue weighted by atomic mass is 35.5. The molecule has 1 amide bonds. The van der Waals surface area contributed by atoms with E-state index in [1.54, 1.807) is 6.07 Å². The third kappa shape index (κ3) is 4.63. The Morgan fingerprint density at radius 1 is 1.03 bits per heavy atom. The molecule has 3 aromatic rings. The first-order valence-corrected chi connectivity index (χ1v) is 12.0. The fourth-order valence-corrected chi connectivity index (χ4v) is 5.00. The highest BCUT2D eigenvalue weighted by Gasteiger charge is 2.49. The number of fused-ring (bicyclic) bond motifs is 1. The number of halogens is 6. The predicted octanol–water partition coefficient (Wildman–Crippen LogP) is 5.59. The second-order valence-corrected chi connectivity index (χ2v) is 9.85. The molecule has 0 atom stereocenters. The van der Waals surface area contributed by atoms with Crippen molar-refractivity contribution >= 4 is 17.5 Å². The monoisotopic (exact) mass is 537 g/mol. The van der Waals surface area contributed by atoms with E-state index in [4.69, 9.17) is 11.6 Å². The molecule has 194 valence electrons. The molecule has 1 saturated carbocycles. The molecule has 1 aromatic heterocycles. The van der Waals surface area contributed by atoms with Crippen LogP contribution in [0.4, 0.5) is 22.0 Å². The highest BCUT2D eigenvalue weighted by molar-refractivity contribution is 6.30. The van der Waals surface area contributed by atoms with E-state index in [-0.39, 0.29) is 31.0 Å². The van der Waals surface area contributed by atoms with Crippen LogP contribution >= 0.6 is 11.6 Å². The summed E-state index contributed by atoms with van der Waals surface area (Å²) in [5, 5.41) is 0.553. The standard InChI is InChI=1S/C26H21ClF5N3O2/c27-18-7-2-4-15(13-18)24(9-10-24)22-33-20-8-3-11-35(14-19(20)21(36)34-22)23(37)25(28,29)16-5-1-6-17(12-16)26(30,31)32/h1-2,4-7,12-13H,3,8-11,14H2,(H,33,34,36). The van der Waals surface area contributed by atoms with Crippen LogP contribution in [0.3, 0.4) is 0 Å². The number of rotatable bonds is 4. The molecule has 0 saturated heterocycles. The molecule has 0 radical (unpaired) electrons. The Bertz CT molecular complexity index is 1430. The summed E-state index contributed by atoms with van der Waals surface area (Å²) in [6, 6.07) is 9.82. The molecule has 0 bridgehead atoms. The summed E-state index contributed by atoms with van der Waals surface area (Å²) in [6.07, 6.45) is -2.78. The van der Waals surface area contributed by atoms with Crippen molar-refractivity contribution < 1.29 is 26.7 Å². The molecule has 2 aliphatic rings. The molecule has 1 fully saturated rings. The summed E-state index contributed by atoms with van der Waals surface area (Å²) in [4.78, 5) is 34.2. The number of H-pyrrole nitrogens is 1. The van der Waals surface area contributed by atoms with Gasteiger partial charge in [0.25, 0.3) is 11.5 Å². The first-order valence-electron chi connectivity index (χ1n) is 11.7. The Balaban J connectivity index is 1.44. The van der Waals surface area contributed by atoms with Gasteiger partial charge in [0.05, 0.1) is 28.8 Å². The van der Waals surface area contributed by atoms with E-state index in [9.17, 15) is 22.8 Å². The lowest BCUT2D eigenvalue weighted by Crippen LogP contribution is -2.42. The molecule has 1 aliphatic carbocycles. The van der Waals surface area contributed by atoms with Crippen LogP contribution in [-0.2, 0) is 35.3 Å². The molecule has 2 heterocycles. The minimum Gasteiger partial charge on any atom is -0.333 e. The Morgan fingerprint density at radius 3 is 2.41 bits per heavy atom. The van der Waals surface area contributed by atoms with E-state index < -0.39 is 46.7 Å². The van der Waals surface area contributed by atoms with Crippen LogP contribution in [0.1, 0.15) is 53.0 Å². The smallest absolute Gasteiger partial charge is 0.333 e. The molecule has 5 nitrogen and oxygen atoms in total. The topological polar surface area (TPSA) is 66.1 Å². The van der Waals surface area contributed by atoms with Gasteiger partial charge in [0.15, 0.2) is 0 Å². The summed E-state index contributed by atoms with van der Waals surface area (Å²) in [7, 11) is 0. The number of aryl methyl sites for hydroxylation is 1. The van der Waals surface area contributed by atoms with Gasteiger partial charge in [-0.3, -0.25) is 9.59 Å². The third-order valence-electron chi connectivity index (χ3n) is 6.98. The van der Waals surface area contributed by atoms with Crippen molar-refractivity contribution in [1.29, 1.82) is 0 Å². The Kier molecular flexibility index (Phi) is 6.13. The maximum absolute atomic E-state index is 15.1. The molecule has 11 heteroatoms.